The van der Waals surface area contributed by atoms with Crippen LogP contribution in [-0.2, 0) is 6.54 Å². The Morgan fingerprint density at radius 2 is 2.26 bits per heavy atom. The van der Waals surface area contributed by atoms with Crippen molar-refractivity contribution >= 4 is 17.6 Å². The molecule has 1 unspecified atom stereocenters. The molecule has 19 heavy (non-hydrogen) atoms. The third kappa shape index (κ3) is 4.66. The van der Waals surface area contributed by atoms with Crippen molar-refractivity contribution in [3.8, 4) is 0 Å². The van der Waals surface area contributed by atoms with E-state index in [9.17, 15) is 0 Å². The van der Waals surface area contributed by atoms with Gasteiger partial charge >= 0.3 is 0 Å². The Labute approximate surface area is 120 Å². The van der Waals surface area contributed by atoms with Crippen molar-refractivity contribution in [2.24, 2.45) is 0 Å². The second kappa shape index (κ2) is 7.70. The Morgan fingerprint density at radius 3 is 2.95 bits per heavy atom. The Balaban J connectivity index is 1.85. The summed E-state index contributed by atoms with van der Waals surface area (Å²) in [7, 11) is 0. The van der Waals surface area contributed by atoms with Crippen LogP contribution in [0.1, 0.15) is 32.4 Å². The SMILES string of the molecule is CCCNc1cnc(CN2CCSC(CC)C2)cn1. The van der Waals surface area contributed by atoms with Gasteiger partial charge in [-0.05, 0) is 12.8 Å². The van der Waals surface area contributed by atoms with E-state index < -0.39 is 0 Å². The van der Waals surface area contributed by atoms with Crippen LogP contribution in [0.4, 0.5) is 5.82 Å². The molecule has 1 aromatic heterocycles. The second-order valence-corrected chi connectivity index (χ2v) is 6.36. The van der Waals surface area contributed by atoms with E-state index in [0.29, 0.717) is 0 Å². The number of anilines is 1. The second-order valence-electron chi connectivity index (χ2n) is 4.96. The van der Waals surface area contributed by atoms with E-state index in [2.05, 4.69) is 45.8 Å². The molecule has 0 saturated carbocycles. The summed E-state index contributed by atoms with van der Waals surface area (Å²) in [6.45, 7) is 8.65. The minimum Gasteiger partial charge on any atom is -0.369 e. The highest BCUT2D eigenvalue weighted by Crippen LogP contribution is 2.21. The van der Waals surface area contributed by atoms with E-state index in [4.69, 9.17) is 0 Å². The molecule has 106 valence electrons. The number of thioether (sulfide) groups is 1. The molecule has 2 rings (SSSR count). The molecular weight excluding hydrogens is 256 g/mol. The number of aromatic nitrogens is 2. The van der Waals surface area contributed by atoms with Gasteiger partial charge in [0, 0.05) is 37.2 Å². The number of nitrogens with one attached hydrogen (secondary N) is 1. The molecule has 1 fully saturated rings. The van der Waals surface area contributed by atoms with Crippen LogP contribution >= 0.6 is 11.8 Å². The first-order chi connectivity index (χ1) is 9.31. The third-order valence-corrected chi connectivity index (χ3v) is 4.70. The Kier molecular flexibility index (Phi) is 5.92. The predicted molar refractivity (Wildman–Crippen MR) is 82.6 cm³/mol. The van der Waals surface area contributed by atoms with Gasteiger partial charge in [-0.1, -0.05) is 13.8 Å². The summed E-state index contributed by atoms with van der Waals surface area (Å²) in [5.74, 6) is 2.12. The largest absolute Gasteiger partial charge is 0.369 e. The van der Waals surface area contributed by atoms with Crippen molar-refractivity contribution in [3.05, 3.63) is 18.1 Å². The van der Waals surface area contributed by atoms with Crippen LogP contribution in [0.25, 0.3) is 0 Å². The summed E-state index contributed by atoms with van der Waals surface area (Å²) in [5.41, 5.74) is 1.07. The van der Waals surface area contributed by atoms with E-state index >= 15 is 0 Å². The van der Waals surface area contributed by atoms with Gasteiger partial charge in [0.2, 0.25) is 0 Å². The van der Waals surface area contributed by atoms with Gasteiger partial charge < -0.3 is 5.32 Å². The number of rotatable bonds is 6. The topological polar surface area (TPSA) is 41.1 Å². The summed E-state index contributed by atoms with van der Waals surface area (Å²) < 4.78 is 0. The van der Waals surface area contributed by atoms with Gasteiger partial charge in [-0.3, -0.25) is 9.88 Å². The zero-order valence-electron chi connectivity index (χ0n) is 11.9. The minimum atomic E-state index is 0.784. The summed E-state index contributed by atoms with van der Waals surface area (Å²) in [4.78, 5) is 11.4. The molecule has 1 saturated heterocycles. The lowest BCUT2D eigenvalue weighted by Gasteiger charge is -2.31. The number of hydrogen-bond donors (Lipinski definition) is 1. The molecule has 1 N–H and O–H groups in total. The smallest absolute Gasteiger partial charge is 0.144 e. The minimum absolute atomic E-state index is 0.784. The highest BCUT2D eigenvalue weighted by atomic mass is 32.2. The molecular formula is C14H24N4S. The first kappa shape index (κ1) is 14.6. The van der Waals surface area contributed by atoms with Gasteiger partial charge in [0.25, 0.3) is 0 Å². The third-order valence-electron chi connectivity index (χ3n) is 3.33. The molecule has 0 spiro atoms. The normalized spacial score (nSPS) is 20.4. The Hall–Kier alpha value is -0.810. The van der Waals surface area contributed by atoms with Gasteiger partial charge in [-0.2, -0.15) is 11.8 Å². The molecule has 2 heterocycles. The molecule has 0 aromatic carbocycles. The average Bonchev–Trinajstić information content (AvgIpc) is 2.47. The van der Waals surface area contributed by atoms with Crippen LogP contribution in [0.5, 0.6) is 0 Å². The molecule has 1 atom stereocenters. The van der Waals surface area contributed by atoms with Crippen molar-refractivity contribution in [3.63, 3.8) is 0 Å². The Morgan fingerprint density at radius 1 is 1.37 bits per heavy atom. The fourth-order valence-electron chi connectivity index (χ4n) is 2.18. The van der Waals surface area contributed by atoms with E-state index in [0.717, 1.165) is 36.3 Å². The van der Waals surface area contributed by atoms with Crippen molar-refractivity contribution in [1.29, 1.82) is 0 Å². The van der Waals surface area contributed by atoms with Gasteiger partial charge in [0.1, 0.15) is 5.82 Å². The lowest BCUT2D eigenvalue weighted by Crippen LogP contribution is -2.37. The molecule has 1 aliphatic rings. The monoisotopic (exact) mass is 280 g/mol. The molecule has 0 radical (unpaired) electrons. The van der Waals surface area contributed by atoms with Gasteiger partial charge in [0.15, 0.2) is 0 Å². The van der Waals surface area contributed by atoms with Crippen molar-refractivity contribution in [2.75, 3.05) is 30.7 Å². The summed E-state index contributed by atoms with van der Waals surface area (Å²) in [5, 5.41) is 4.04. The molecule has 4 nitrogen and oxygen atoms in total. The van der Waals surface area contributed by atoms with Crippen molar-refractivity contribution < 1.29 is 0 Å². The van der Waals surface area contributed by atoms with E-state index in [1.807, 2.05) is 12.4 Å². The molecule has 0 bridgehead atoms. The maximum atomic E-state index is 4.50. The summed E-state index contributed by atoms with van der Waals surface area (Å²) >= 11 is 2.10. The standard InChI is InChI=1S/C14H24N4S/c1-3-5-15-14-9-16-12(8-17-14)10-18-6-7-19-13(4-2)11-18/h8-9,13H,3-7,10-11H2,1-2H3,(H,15,17). The van der Waals surface area contributed by atoms with Gasteiger partial charge in [-0.15, -0.1) is 0 Å². The maximum absolute atomic E-state index is 4.50. The maximum Gasteiger partial charge on any atom is 0.144 e. The summed E-state index contributed by atoms with van der Waals surface area (Å²) in [6, 6.07) is 0. The van der Waals surface area contributed by atoms with E-state index in [-0.39, 0.29) is 0 Å². The van der Waals surface area contributed by atoms with E-state index in [1.54, 1.807) is 0 Å². The van der Waals surface area contributed by atoms with Crippen molar-refractivity contribution in [2.45, 2.75) is 38.5 Å². The van der Waals surface area contributed by atoms with Crippen LogP contribution in [0.3, 0.4) is 0 Å². The van der Waals surface area contributed by atoms with Gasteiger partial charge in [-0.25, -0.2) is 4.98 Å². The molecule has 0 amide bonds. The van der Waals surface area contributed by atoms with Crippen LogP contribution < -0.4 is 5.32 Å². The van der Waals surface area contributed by atoms with Crippen LogP contribution in [-0.4, -0.2) is 45.5 Å². The Bertz CT molecular complexity index is 368. The lowest BCUT2D eigenvalue weighted by molar-refractivity contribution is 0.270. The average molecular weight is 280 g/mol. The number of nitrogens with zero attached hydrogens (tertiary/aromatic N) is 3. The van der Waals surface area contributed by atoms with E-state index in [1.165, 1.54) is 25.3 Å². The summed E-state index contributed by atoms with van der Waals surface area (Å²) in [6.07, 6.45) is 6.11. The highest BCUT2D eigenvalue weighted by molar-refractivity contribution is 8.00. The zero-order valence-corrected chi connectivity index (χ0v) is 12.7. The first-order valence-electron chi connectivity index (χ1n) is 7.20. The molecule has 1 aromatic rings. The van der Waals surface area contributed by atoms with Crippen molar-refractivity contribution in [1.82, 2.24) is 14.9 Å². The zero-order chi connectivity index (χ0) is 13.5. The quantitative estimate of drug-likeness (QED) is 0.867. The highest BCUT2D eigenvalue weighted by Gasteiger charge is 2.19. The molecule has 1 aliphatic heterocycles. The molecule has 5 heteroatoms. The van der Waals surface area contributed by atoms with Crippen LogP contribution in [0.2, 0.25) is 0 Å². The van der Waals surface area contributed by atoms with Crippen LogP contribution in [0, 0.1) is 0 Å². The fraction of sp³-hybridized carbons (Fsp3) is 0.714. The van der Waals surface area contributed by atoms with Crippen LogP contribution in [0.15, 0.2) is 12.4 Å². The molecule has 0 aliphatic carbocycles. The lowest BCUT2D eigenvalue weighted by atomic mass is 10.3. The number of hydrogen-bond acceptors (Lipinski definition) is 5. The predicted octanol–water partition coefficient (Wildman–Crippen LogP) is 2.63. The fourth-order valence-corrected chi connectivity index (χ4v) is 3.43. The first-order valence-corrected chi connectivity index (χ1v) is 8.25. The van der Waals surface area contributed by atoms with Gasteiger partial charge in [0.05, 0.1) is 18.1 Å².